The second kappa shape index (κ2) is 5.20. The van der Waals surface area contributed by atoms with Gasteiger partial charge >= 0.3 is 0 Å². The summed E-state index contributed by atoms with van der Waals surface area (Å²) < 4.78 is 0. The van der Waals surface area contributed by atoms with Crippen LogP contribution in [0.3, 0.4) is 0 Å². The largest absolute Gasteiger partial charge is 0.308 e. The van der Waals surface area contributed by atoms with Crippen LogP contribution in [0.15, 0.2) is 23.2 Å². The minimum absolute atomic E-state index is 0.530. The molecule has 1 aromatic rings. The highest BCUT2D eigenvalue weighted by Gasteiger charge is 2.06. The average Bonchev–Trinajstić information content (AvgIpc) is 2.15. The molecule has 0 unspecified atom stereocenters. The third kappa shape index (κ3) is 2.61. The van der Waals surface area contributed by atoms with Gasteiger partial charge in [0.25, 0.3) is 0 Å². The number of rotatable bonds is 2. The Hall–Kier alpha value is -0.770. The highest BCUT2D eigenvalue weighted by molar-refractivity contribution is 6.36. The lowest BCUT2D eigenvalue weighted by atomic mass is 10.2. The number of amidine groups is 1. The summed E-state index contributed by atoms with van der Waals surface area (Å²) in [6.07, 6.45) is 0. The van der Waals surface area contributed by atoms with E-state index in [0.717, 1.165) is 5.56 Å². The van der Waals surface area contributed by atoms with Crippen LogP contribution in [0.5, 0.6) is 0 Å². The van der Waals surface area contributed by atoms with Gasteiger partial charge in [0.1, 0.15) is 5.84 Å². The predicted molar refractivity (Wildman–Crippen MR) is 60.9 cm³/mol. The number of hydrazine groups is 1. The number of nitrogens with two attached hydrogens (primary N) is 1. The Balaban J connectivity index is 3.11. The molecule has 0 aromatic heterocycles. The fourth-order valence-electron chi connectivity index (χ4n) is 1.05. The number of hydrogen-bond acceptors (Lipinski definition) is 2. The van der Waals surface area contributed by atoms with Gasteiger partial charge in [0, 0.05) is 17.1 Å². The third-order valence-corrected chi connectivity index (χ3v) is 2.19. The van der Waals surface area contributed by atoms with Crippen LogP contribution >= 0.6 is 23.2 Å². The molecule has 0 aliphatic heterocycles. The number of hydrogen-bond donors (Lipinski definition) is 2. The van der Waals surface area contributed by atoms with Gasteiger partial charge < -0.3 is 5.43 Å². The van der Waals surface area contributed by atoms with Crippen LogP contribution in [0, 0.1) is 0 Å². The standard InChI is InChI=1S/C9H11Cl2N3/c1-2-13-9(14-12)7-4-3-6(10)5-8(7)11/h3-5H,2,12H2,1H3,(H,13,14). The van der Waals surface area contributed by atoms with Crippen LogP contribution in [-0.2, 0) is 0 Å². The minimum atomic E-state index is 0.530. The molecule has 0 atom stereocenters. The molecule has 3 N–H and O–H groups in total. The summed E-state index contributed by atoms with van der Waals surface area (Å²) in [6, 6.07) is 5.17. The van der Waals surface area contributed by atoms with Crippen molar-refractivity contribution >= 4 is 29.0 Å². The van der Waals surface area contributed by atoms with Gasteiger partial charge in [-0.25, -0.2) is 5.84 Å². The first kappa shape index (κ1) is 11.3. The van der Waals surface area contributed by atoms with E-state index >= 15 is 0 Å². The van der Waals surface area contributed by atoms with E-state index in [1.807, 2.05) is 6.92 Å². The van der Waals surface area contributed by atoms with Crippen LogP contribution in [0.2, 0.25) is 10.0 Å². The van der Waals surface area contributed by atoms with Crippen molar-refractivity contribution in [3.05, 3.63) is 33.8 Å². The number of halogens is 2. The van der Waals surface area contributed by atoms with Crippen molar-refractivity contribution in [2.75, 3.05) is 6.54 Å². The van der Waals surface area contributed by atoms with Crippen LogP contribution in [0.25, 0.3) is 0 Å². The van der Waals surface area contributed by atoms with Crippen molar-refractivity contribution in [1.82, 2.24) is 5.43 Å². The van der Waals surface area contributed by atoms with E-state index < -0.39 is 0 Å². The maximum Gasteiger partial charge on any atom is 0.144 e. The molecule has 14 heavy (non-hydrogen) atoms. The minimum Gasteiger partial charge on any atom is -0.308 e. The van der Waals surface area contributed by atoms with Gasteiger partial charge in [-0.3, -0.25) is 4.99 Å². The fraction of sp³-hybridized carbons (Fsp3) is 0.222. The first-order valence-corrected chi connectivity index (χ1v) is 4.91. The van der Waals surface area contributed by atoms with Crippen molar-refractivity contribution in [2.24, 2.45) is 10.8 Å². The van der Waals surface area contributed by atoms with Gasteiger partial charge in [-0.2, -0.15) is 0 Å². The zero-order valence-corrected chi connectivity index (χ0v) is 9.23. The maximum atomic E-state index is 5.98. The molecule has 5 heteroatoms. The molecule has 0 saturated heterocycles. The Labute approximate surface area is 92.9 Å². The van der Waals surface area contributed by atoms with Crippen LogP contribution in [0.4, 0.5) is 0 Å². The zero-order chi connectivity index (χ0) is 10.6. The fourth-order valence-corrected chi connectivity index (χ4v) is 1.55. The molecule has 0 fully saturated rings. The molecule has 0 aliphatic rings. The van der Waals surface area contributed by atoms with E-state index in [4.69, 9.17) is 29.0 Å². The average molecular weight is 232 g/mol. The molecule has 0 radical (unpaired) electrons. The smallest absolute Gasteiger partial charge is 0.144 e. The summed E-state index contributed by atoms with van der Waals surface area (Å²) in [5.74, 6) is 5.89. The van der Waals surface area contributed by atoms with Crippen molar-refractivity contribution in [3.63, 3.8) is 0 Å². The van der Waals surface area contributed by atoms with Crippen molar-refractivity contribution < 1.29 is 0 Å². The number of nitrogens with one attached hydrogen (secondary N) is 1. The van der Waals surface area contributed by atoms with E-state index in [2.05, 4.69) is 10.4 Å². The molecule has 1 rings (SSSR count). The monoisotopic (exact) mass is 231 g/mol. The first-order chi connectivity index (χ1) is 6.69. The van der Waals surface area contributed by atoms with Crippen LogP contribution in [-0.4, -0.2) is 12.4 Å². The predicted octanol–water partition coefficient (Wildman–Crippen LogP) is 2.22. The van der Waals surface area contributed by atoms with E-state index in [-0.39, 0.29) is 0 Å². The second-order valence-electron chi connectivity index (χ2n) is 2.59. The lowest BCUT2D eigenvalue weighted by molar-refractivity contribution is 0.992. The van der Waals surface area contributed by atoms with Crippen LogP contribution < -0.4 is 11.3 Å². The summed E-state index contributed by atoms with van der Waals surface area (Å²) >= 11 is 11.7. The Morgan fingerprint density at radius 3 is 2.71 bits per heavy atom. The van der Waals surface area contributed by atoms with E-state index in [0.29, 0.717) is 22.4 Å². The van der Waals surface area contributed by atoms with E-state index in [9.17, 15) is 0 Å². The molecule has 0 spiro atoms. The van der Waals surface area contributed by atoms with Gasteiger partial charge in [0.15, 0.2) is 0 Å². The summed E-state index contributed by atoms with van der Waals surface area (Å²) in [4.78, 5) is 4.16. The highest BCUT2D eigenvalue weighted by atomic mass is 35.5. The van der Waals surface area contributed by atoms with Gasteiger partial charge in [-0.05, 0) is 25.1 Å². The Kier molecular flexibility index (Phi) is 4.20. The van der Waals surface area contributed by atoms with E-state index in [1.54, 1.807) is 18.2 Å². The number of benzene rings is 1. The summed E-state index contributed by atoms with van der Waals surface area (Å²) in [5.41, 5.74) is 3.25. The summed E-state index contributed by atoms with van der Waals surface area (Å²) in [5, 5.41) is 1.12. The molecule has 0 aliphatic carbocycles. The lowest BCUT2D eigenvalue weighted by Gasteiger charge is -2.07. The second-order valence-corrected chi connectivity index (χ2v) is 3.44. The van der Waals surface area contributed by atoms with Gasteiger partial charge in [-0.15, -0.1) is 0 Å². The SMILES string of the molecule is CCN=C(NN)c1ccc(Cl)cc1Cl. The maximum absolute atomic E-state index is 5.98. The molecule has 3 nitrogen and oxygen atoms in total. The Bertz CT molecular complexity index is 350. The van der Waals surface area contributed by atoms with Gasteiger partial charge in [0.05, 0.1) is 5.02 Å². The molecular weight excluding hydrogens is 221 g/mol. The molecule has 76 valence electrons. The summed E-state index contributed by atoms with van der Waals surface area (Å²) in [7, 11) is 0. The number of aliphatic imine (C=N–C) groups is 1. The molecule has 0 saturated carbocycles. The van der Waals surface area contributed by atoms with E-state index in [1.165, 1.54) is 0 Å². The first-order valence-electron chi connectivity index (χ1n) is 4.15. The zero-order valence-electron chi connectivity index (χ0n) is 7.72. The number of nitrogens with zero attached hydrogens (tertiary/aromatic N) is 1. The van der Waals surface area contributed by atoms with Crippen LogP contribution in [0.1, 0.15) is 12.5 Å². The third-order valence-electron chi connectivity index (χ3n) is 1.64. The molecule has 1 aromatic carbocycles. The molecule has 0 amide bonds. The Morgan fingerprint density at radius 2 is 2.21 bits per heavy atom. The van der Waals surface area contributed by atoms with Crippen molar-refractivity contribution in [2.45, 2.75) is 6.92 Å². The molecule has 0 heterocycles. The van der Waals surface area contributed by atoms with Gasteiger partial charge in [0.2, 0.25) is 0 Å². The summed E-state index contributed by atoms with van der Waals surface area (Å²) in [6.45, 7) is 2.56. The lowest BCUT2D eigenvalue weighted by Crippen LogP contribution is -2.31. The Morgan fingerprint density at radius 1 is 1.50 bits per heavy atom. The normalized spacial score (nSPS) is 11.6. The van der Waals surface area contributed by atoms with Crippen molar-refractivity contribution in [1.29, 1.82) is 0 Å². The topological polar surface area (TPSA) is 50.4 Å². The van der Waals surface area contributed by atoms with Crippen molar-refractivity contribution in [3.8, 4) is 0 Å². The quantitative estimate of drug-likeness (QED) is 0.355. The highest BCUT2D eigenvalue weighted by Crippen LogP contribution is 2.20. The molecule has 0 bridgehead atoms. The molecular formula is C9H11Cl2N3. The van der Waals surface area contributed by atoms with Gasteiger partial charge in [-0.1, -0.05) is 23.2 Å².